The van der Waals surface area contributed by atoms with Gasteiger partial charge in [-0.2, -0.15) is 0 Å². The summed E-state index contributed by atoms with van der Waals surface area (Å²) in [6, 6.07) is 32.2. The Kier molecular flexibility index (Phi) is 6.51. The van der Waals surface area contributed by atoms with Crippen LogP contribution in [0.15, 0.2) is 84.9 Å². The van der Waals surface area contributed by atoms with Gasteiger partial charge in [0.15, 0.2) is 0 Å². The number of hydrogen-bond donors (Lipinski definition) is 0. The van der Waals surface area contributed by atoms with Crippen molar-refractivity contribution in [2.24, 2.45) is 0 Å². The highest BCUT2D eigenvalue weighted by atomic mass is 16.5. The van der Waals surface area contributed by atoms with Gasteiger partial charge in [-0.3, -0.25) is 0 Å². The number of fused-ring (bicyclic) bond motifs is 8. The van der Waals surface area contributed by atoms with Gasteiger partial charge >= 0.3 is 0 Å². The molecule has 0 saturated heterocycles. The highest BCUT2D eigenvalue weighted by Crippen LogP contribution is 2.54. The van der Waals surface area contributed by atoms with Crippen LogP contribution in [0.4, 0.5) is 17.1 Å². The first kappa shape index (κ1) is 33.2. The van der Waals surface area contributed by atoms with Crippen LogP contribution in [0.1, 0.15) is 128 Å². The Morgan fingerprint density at radius 3 is 1.25 bits per heavy atom. The van der Waals surface area contributed by atoms with Gasteiger partial charge in [-0.1, -0.05) is 118 Å². The van der Waals surface area contributed by atoms with Crippen molar-refractivity contribution in [2.45, 2.75) is 122 Å². The first-order valence-electron chi connectivity index (χ1n) is 19.9. The molecule has 3 nitrogen and oxygen atoms in total. The maximum absolute atomic E-state index is 7.20. The average Bonchev–Trinajstić information content (AvgIpc) is 3.11. The van der Waals surface area contributed by atoms with Crippen molar-refractivity contribution in [3.63, 3.8) is 0 Å². The van der Waals surface area contributed by atoms with E-state index < -0.39 is 0 Å². The maximum atomic E-state index is 7.20. The summed E-state index contributed by atoms with van der Waals surface area (Å²) in [5.41, 5.74) is 15.7. The average molecular weight is 698 g/mol. The summed E-state index contributed by atoms with van der Waals surface area (Å²) in [6.07, 6.45) is 4.68. The molecule has 5 aromatic carbocycles. The lowest BCUT2D eigenvalue weighted by Crippen LogP contribution is -2.58. The third kappa shape index (κ3) is 4.54. The normalized spacial score (nSPS) is 20.9. The fourth-order valence-electron chi connectivity index (χ4n) is 10.7. The zero-order chi connectivity index (χ0) is 37.0. The summed E-state index contributed by atoms with van der Waals surface area (Å²) in [5, 5.41) is 0. The largest absolute Gasteiger partial charge is 0.458 e. The number of nitrogens with zero attached hydrogens (tertiary/aromatic N) is 1. The Morgan fingerprint density at radius 1 is 0.453 bits per heavy atom. The van der Waals surface area contributed by atoms with E-state index in [1.54, 1.807) is 0 Å². The molecule has 4 heteroatoms. The van der Waals surface area contributed by atoms with Crippen molar-refractivity contribution >= 4 is 40.2 Å². The van der Waals surface area contributed by atoms with Gasteiger partial charge in [-0.15, -0.1) is 0 Å². The van der Waals surface area contributed by atoms with Gasteiger partial charge in [0.2, 0.25) is 0 Å². The minimum atomic E-state index is -0.137. The lowest BCUT2D eigenvalue weighted by atomic mass is 9.34. The standard InChI is InChI=1S/C49H52BNO2/c1-45(2)19-21-47(5,6)34-27-40-36(25-32(34)45)50-37-26-33-35(48(7,8)22-20-46(33,3)4)28-41(37)53-43-24-29(23-42(52-40)44(43)50)51-38-17-13-11-15-30(38)49(9,10)31-16-12-14-18-39(31)51/h11-18,23-28H,19-22H2,1-10H3. The summed E-state index contributed by atoms with van der Waals surface area (Å²) in [5.74, 6) is 3.76. The van der Waals surface area contributed by atoms with Crippen molar-refractivity contribution in [1.82, 2.24) is 0 Å². The highest BCUT2D eigenvalue weighted by Gasteiger charge is 2.47. The number of ether oxygens (including phenoxy) is 2. The fraction of sp³-hybridized carbons (Fsp3) is 0.388. The maximum Gasteiger partial charge on any atom is 0.260 e. The molecule has 5 aliphatic rings. The smallest absolute Gasteiger partial charge is 0.260 e. The predicted octanol–water partition coefficient (Wildman–Crippen LogP) is 11.2. The molecule has 0 aromatic heterocycles. The highest BCUT2D eigenvalue weighted by molar-refractivity contribution is 6.98. The van der Waals surface area contributed by atoms with Crippen LogP contribution >= 0.6 is 0 Å². The van der Waals surface area contributed by atoms with Crippen molar-refractivity contribution in [3.05, 3.63) is 118 Å². The van der Waals surface area contributed by atoms with E-state index in [2.05, 4.69) is 159 Å². The molecule has 0 bridgehead atoms. The second-order valence-corrected chi connectivity index (χ2v) is 19.9. The van der Waals surface area contributed by atoms with Crippen LogP contribution in [0.5, 0.6) is 23.0 Å². The molecule has 0 unspecified atom stereocenters. The van der Waals surface area contributed by atoms with E-state index >= 15 is 0 Å². The number of rotatable bonds is 1. The zero-order valence-electron chi connectivity index (χ0n) is 33.3. The molecule has 0 atom stereocenters. The monoisotopic (exact) mass is 697 g/mol. The van der Waals surface area contributed by atoms with Crippen LogP contribution in [0.2, 0.25) is 0 Å². The predicted molar refractivity (Wildman–Crippen MR) is 222 cm³/mol. The molecule has 268 valence electrons. The topological polar surface area (TPSA) is 21.7 Å². The fourth-order valence-corrected chi connectivity index (χ4v) is 10.7. The van der Waals surface area contributed by atoms with Gasteiger partial charge in [0.25, 0.3) is 6.71 Å². The molecule has 53 heavy (non-hydrogen) atoms. The van der Waals surface area contributed by atoms with E-state index in [0.717, 1.165) is 47.0 Å². The Hall–Kier alpha value is -4.44. The van der Waals surface area contributed by atoms with Crippen LogP contribution in [-0.2, 0) is 27.1 Å². The zero-order valence-corrected chi connectivity index (χ0v) is 33.3. The van der Waals surface area contributed by atoms with Gasteiger partial charge in [-0.05, 0) is 116 Å². The molecular weight excluding hydrogens is 645 g/mol. The van der Waals surface area contributed by atoms with Crippen molar-refractivity contribution < 1.29 is 9.47 Å². The van der Waals surface area contributed by atoms with E-state index in [0.29, 0.717) is 0 Å². The number of benzene rings is 5. The third-order valence-electron chi connectivity index (χ3n) is 14.3. The second kappa shape index (κ2) is 10.4. The molecule has 10 rings (SSSR count). The Labute approximate surface area is 316 Å². The molecule has 0 fully saturated rings. The molecule has 0 amide bonds. The third-order valence-corrected chi connectivity index (χ3v) is 14.3. The van der Waals surface area contributed by atoms with E-state index in [1.807, 2.05) is 0 Å². The summed E-state index contributed by atoms with van der Waals surface area (Å²) >= 11 is 0. The summed E-state index contributed by atoms with van der Waals surface area (Å²) < 4.78 is 14.4. The summed E-state index contributed by atoms with van der Waals surface area (Å²) in [4.78, 5) is 2.43. The number of hydrogen-bond acceptors (Lipinski definition) is 3. The van der Waals surface area contributed by atoms with Crippen molar-refractivity contribution in [3.8, 4) is 23.0 Å². The van der Waals surface area contributed by atoms with Gasteiger partial charge in [0, 0.05) is 23.0 Å². The minimum Gasteiger partial charge on any atom is -0.458 e. The summed E-state index contributed by atoms with van der Waals surface area (Å²) in [7, 11) is 0. The molecular formula is C49H52BNO2. The van der Waals surface area contributed by atoms with Gasteiger partial charge < -0.3 is 14.4 Å². The molecule has 3 heterocycles. The van der Waals surface area contributed by atoms with E-state index in [9.17, 15) is 0 Å². The van der Waals surface area contributed by atoms with E-state index in [-0.39, 0.29) is 33.8 Å². The van der Waals surface area contributed by atoms with Crippen LogP contribution in [0, 0.1) is 0 Å². The summed E-state index contributed by atoms with van der Waals surface area (Å²) in [6.45, 7) is 24.1. The van der Waals surface area contributed by atoms with Gasteiger partial charge in [-0.25, -0.2) is 0 Å². The van der Waals surface area contributed by atoms with Crippen molar-refractivity contribution in [1.29, 1.82) is 0 Å². The first-order valence-corrected chi connectivity index (χ1v) is 19.9. The molecule has 2 aliphatic carbocycles. The van der Waals surface area contributed by atoms with E-state index in [4.69, 9.17) is 9.47 Å². The SMILES string of the molecule is CC1(C)CCC(C)(C)c2cc3c(cc21)Oc1cc(N2c4ccccc4C(C)(C)c4ccccc42)cc2c1B3c1cc3c(cc1O2)C(C)(C)CCC3(C)C. The number of anilines is 3. The van der Waals surface area contributed by atoms with Crippen LogP contribution in [-0.4, -0.2) is 6.71 Å². The molecule has 0 saturated carbocycles. The quantitative estimate of drug-likeness (QED) is 0.159. The Balaban J connectivity index is 1.25. The molecule has 0 radical (unpaired) electrons. The Morgan fingerprint density at radius 2 is 0.830 bits per heavy atom. The Bertz CT molecular complexity index is 2250. The van der Waals surface area contributed by atoms with Crippen LogP contribution < -0.4 is 30.8 Å². The minimum absolute atomic E-state index is 0.0127. The first-order chi connectivity index (χ1) is 25.0. The number of para-hydroxylation sites is 2. The molecule has 5 aromatic rings. The van der Waals surface area contributed by atoms with Crippen molar-refractivity contribution in [2.75, 3.05) is 4.90 Å². The van der Waals surface area contributed by atoms with Gasteiger partial charge in [0.1, 0.15) is 23.0 Å². The van der Waals surface area contributed by atoms with Crippen LogP contribution in [0.25, 0.3) is 0 Å². The molecule has 0 spiro atoms. The van der Waals surface area contributed by atoms with Gasteiger partial charge in [0.05, 0.1) is 17.1 Å². The lowest BCUT2D eigenvalue weighted by molar-refractivity contribution is 0.330. The lowest BCUT2D eigenvalue weighted by Gasteiger charge is -2.45. The van der Waals surface area contributed by atoms with E-state index in [1.165, 1.54) is 68.5 Å². The van der Waals surface area contributed by atoms with Crippen LogP contribution in [0.3, 0.4) is 0 Å². The molecule has 3 aliphatic heterocycles. The molecule has 0 N–H and O–H groups in total. The second-order valence-electron chi connectivity index (χ2n) is 19.9.